The summed E-state index contributed by atoms with van der Waals surface area (Å²) in [5, 5.41) is 9.57. The molecule has 0 aliphatic carbocycles. The number of aryl methyl sites for hydroxylation is 1. The first-order chi connectivity index (χ1) is 8.56. The van der Waals surface area contributed by atoms with Crippen LogP contribution in [0.4, 0.5) is 5.82 Å². The number of nitrogens with zero attached hydrogens (tertiary/aromatic N) is 2. The van der Waals surface area contributed by atoms with Gasteiger partial charge in [0.05, 0.1) is 0 Å². The summed E-state index contributed by atoms with van der Waals surface area (Å²) in [6.07, 6.45) is 2.90. The highest BCUT2D eigenvalue weighted by atomic mass is 79.9. The molecular weight excluding hydrogens is 300 g/mol. The predicted molar refractivity (Wildman–Crippen MR) is 69.9 cm³/mol. The molecule has 1 atom stereocenters. The Morgan fingerprint density at radius 1 is 1.61 bits per heavy atom. The fourth-order valence-electron chi connectivity index (χ4n) is 1.93. The second-order valence-corrected chi connectivity index (χ2v) is 5.14. The van der Waals surface area contributed by atoms with Crippen molar-refractivity contribution in [2.24, 2.45) is 7.05 Å². The molecule has 2 rings (SSSR count). The van der Waals surface area contributed by atoms with E-state index in [0.717, 1.165) is 12.8 Å². The molecule has 2 N–H and O–H groups in total. The molecule has 0 bridgehead atoms. The molecule has 0 aromatic carbocycles. The third-order valence-corrected chi connectivity index (χ3v) is 3.29. The van der Waals surface area contributed by atoms with Crippen LogP contribution in [0.2, 0.25) is 0 Å². The zero-order chi connectivity index (χ0) is 13.1. The highest BCUT2D eigenvalue weighted by Gasteiger charge is 2.23. The quantitative estimate of drug-likeness (QED) is 0.860. The maximum absolute atomic E-state index is 12.0. The van der Waals surface area contributed by atoms with Crippen LogP contribution in [-0.4, -0.2) is 27.6 Å². The van der Waals surface area contributed by atoms with E-state index in [1.165, 1.54) is 0 Å². The molecular formula is C11H15BrN4O2. The van der Waals surface area contributed by atoms with Gasteiger partial charge < -0.3 is 10.6 Å². The molecule has 6 nitrogen and oxygen atoms in total. The minimum Gasteiger partial charge on any atom is -0.344 e. The van der Waals surface area contributed by atoms with Gasteiger partial charge in [-0.1, -0.05) is 6.42 Å². The number of halogens is 1. The summed E-state index contributed by atoms with van der Waals surface area (Å²) >= 11 is 3.24. The largest absolute Gasteiger partial charge is 0.344 e. The minimum atomic E-state index is -0.450. The second-order valence-electron chi connectivity index (χ2n) is 4.33. The summed E-state index contributed by atoms with van der Waals surface area (Å²) in [6, 6.07) is 1.27. The van der Waals surface area contributed by atoms with Crippen LogP contribution in [0.3, 0.4) is 0 Å². The Morgan fingerprint density at radius 3 is 3.06 bits per heavy atom. The topological polar surface area (TPSA) is 76.0 Å². The molecule has 1 aliphatic heterocycles. The molecule has 2 heterocycles. The van der Waals surface area contributed by atoms with Gasteiger partial charge in [-0.25, -0.2) is 0 Å². The van der Waals surface area contributed by atoms with Gasteiger partial charge in [-0.05, 0) is 28.8 Å². The number of amides is 2. The molecule has 1 aromatic heterocycles. The van der Waals surface area contributed by atoms with Crippen molar-refractivity contribution in [3.05, 3.63) is 10.7 Å². The standard InChI is InChI=1S/C11H15BrN4O2/c1-16-9(6-8(12)15-16)14-11(18)7-4-2-3-5-10(17)13-7/h6-7H,2-5H2,1H3,(H,13,17)(H,14,18). The lowest BCUT2D eigenvalue weighted by molar-refractivity contribution is -0.126. The van der Waals surface area contributed by atoms with Crippen molar-refractivity contribution in [1.82, 2.24) is 15.1 Å². The van der Waals surface area contributed by atoms with Gasteiger partial charge in [0.25, 0.3) is 0 Å². The first-order valence-electron chi connectivity index (χ1n) is 5.86. The van der Waals surface area contributed by atoms with Crippen molar-refractivity contribution in [2.45, 2.75) is 31.7 Å². The van der Waals surface area contributed by atoms with Gasteiger partial charge in [-0.15, -0.1) is 0 Å². The van der Waals surface area contributed by atoms with Crippen LogP contribution in [0.5, 0.6) is 0 Å². The Kier molecular flexibility index (Phi) is 4.00. The molecule has 0 radical (unpaired) electrons. The molecule has 1 aliphatic rings. The maximum atomic E-state index is 12.0. The van der Waals surface area contributed by atoms with E-state index >= 15 is 0 Å². The summed E-state index contributed by atoms with van der Waals surface area (Å²) in [7, 11) is 1.74. The highest BCUT2D eigenvalue weighted by Crippen LogP contribution is 2.16. The van der Waals surface area contributed by atoms with Crippen molar-refractivity contribution in [3.8, 4) is 0 Å². The van der Waals surface area contributed by atoms with E-state index in [1.54, 1.807) is 17.8 Å². The van der Waals surface area contributed by atoms with Crippen LogP contribution >= 0.6 is 15.9 Å². The van der Waals surface area contributed by atoms with Crippen molar-refractivity contribution in [3.63, 3.8) is 0 Å². The summed E-state index contributed by atoms with van der Waals surface area (Å²) in [4.78, 5) is 23.5. The van der Waals surface area contributed by atoms with Crippen LogP contribution in [0, 0.1) is 0 Å². The molecule has 98 valence electrons. The lowest BCUT2D eigenvalue weighted by Crippen LogP contribution is -2.42. The summed E-state index contributed by atoms with van der Waals surface area (Å²) in [5.74, 6) is 0.352. The number of hydrogen-bond donors (Lipinski definition) is 2. The molecule has 1 aromatic rings. The number of carbonyl (C=O) groups is 2. The molecule has 18 heavy (non-hydrogen) atoms. The van der Waals surface area contributed by atoms with Crippen LogP contribution in [-0.2, 0) is 16.6 Å². The van der Waals surface area contributed by atoms with Gasteiger partial charge in [-0.3, -0.25) is 14.3 Å². The first-order valence-corrected chi connectivity index (χ1v) is 6.65. The van der Waals surface area contributed by atoms with Gasteiger partial charge in [0.15, 0.2) is 0 Å². The van der Waals surface area contributed by atoms with Crippen molar-refractivity contribution >= 4 is 33.6 Å². The SMILES string of the molecule is Cn1nc(Br)cc1NC(=O)C1CCCCC(=O)N1. The number of anilines is 1. The van der Waals surface area contributed by atoms with Gasteiger partial charge in [0.2, 0.25) is 11.8 Å². The fourth-order valence-corrected chi connectivity index (χ4v) is 2.39. The van der Waals surface area contributed by atoms with Crippen molar-refractivity contribution in [2.75, 3.05) is 5.32 Å². The van der Waals surface area contributed by atoms with Crippen LogP contribution in [0.15, 0.2) is 10.7 Å². The summed E-state index contributed by atoms with van der Waals surface area (Å²) in [6.45, 7) is 0. The number of hydrogen-bond acceptors (Lipinski definition) is 3. The zero-order valence-corrected chi connectivity index (χ0v) is 11.7. The highest BCUT2D eigenvalue weighted by molar-refractivity contribution is 9.10. The van der Waals surface area contributed by atoms with Crippen molar-refractivity contribution in [1.29, 1.82) is 0 Å². The second kappa shape index (κ2) is 5.51. The minimum absolute atomic E-state index is 0.0566. The first kappa shape index (κ1) is 13.1. The Morgan fingerprint density at radius 2 is 2.39 bits per heavy atom. The summed E-state index contributed by atoms with van der Waals surface area (Å²) < 4.78 is 2.23. The Balaban J connectivity index is 2.02. The van der Waals surface area contributed by atoms with Gasteiger partial charge >= 0.3 is 0 Å². The monoisotopic (exact) mass is 314 g/mol. The molecule has 1 fully saturated rings. The normalized spacial score (nSPS) is 20.1. The fraction of sp³-hybridized carbons (Fsp3) is 0.545. The molecule has 2 amide bonds. The van der Waals surface area contributed by atoms with Crippen LogP contribution in [0.1, 0.15) is 25.7 Å². The smallest absolute Gasteiger partial charge is 0.248 e. The third kappa shape index (κ3) is 3.10. The van der Waals surface area contributed by atoms with E-state index in [1.807, 2.05) is 0 Å². The van der Waals surface area contributed by atoms with Crippen LogP contribution in [0.25, 0.3) is 0 Å². The molecule has 0 spiro atoms. The Labute approximate surface area is 113 Å². The lowest BCUT2D eigenvalue weighted by Gasteiger charge is -2.15. The Hall–Kier alpha value is -1.37. The van der Waals surface area contributed by atoms with Gasteiger partial charge in [0, 0.05) is 19.5 Å². The van der Waals surface area contributed by atoms with E-state index in [-0.39, 0.29) is 11.8 Å². The molecule has 1 saturated heterocycles. The average Bonchev–Trinajstić information content (AvgIpc) is 2.52. The zero-order valence-electron chi connectivity index (χ0n) is 10.1. The van der Waals surface area contributed by atoms with E-state index < -0.39 is 6.04 Å². The van der Waals surface area contributed by atoms with Crippen LogP contribution < -0.4 is 10.6 Å². The third-order valence-electron chi connectivity index (χ3n) is 2.90. The number of rotatable bonds is 2. The summed E-state index contributed by atoms with van der Waals surface area (Å²) in [5.41, 5.74) is 0. The molecule has 0 saturated carbocycles. The van der Waals surface area contributed by atoms with Crippen molar-refractivity contribution < 1.29 is 9.59 Å². The van der Waals surface area contributed by atoms with Gasteiger partial charge in [0.1, 0.15) is 16.5 Å². The van der Waals surface area contributed by atoms with E-state index in [0.29, 0.717) is 23.3 Å². The Bertz CT molecular complexity index is 472. The van der Waals surface area contributed by atoms with E-state index in [2.05, 4.69) is 31.7 Å². The maximum Gasteiger partial charge on any atom is 0.248 e. The number of carbonyl (C=O) groups excluding carboxylic acids is 2. The number of aromatic nitrogens is 2. The predicted octanol–water partition coefficient (Wildman–Crippen LogP) is 1.18. The molecule has 7 heteroatoms. The average molecular weight is 315 g/mol. The number of nitrogens with one attached hydrogen (secondary N) is 2. The molecule has 1 unspecified atom stereocenters. The van der Waals surface area contributed by atoms with E-state index in [9.17, 15) is 9.59 Å². The van der Waals surface area contributed by atoms with Gasteiger partial charge in [-0.2, -0.15) is 5.10 Å². The van der Waals surface area contributed by atoms with E-state index in [4.69, 9.17) is 0 Å². The lowest BCUT2D eigenvalue weighted by atomic mass is 10.1.